The third-order valence-electron chi connectivity index (χ3n) is 1.01. The number of esters is 1. The van der Waals surface area contributed by atoms with Crippen LogP contribution in [0.3, 0.4) is 0 Å². The van der Waals surface area contributed by atoms with Crippen molar-refractivity contribution < 1.29 is 22.7 Å². The summed E-state index contributed by atoms with van der Waals surface area (Å²) in [5.74, 6) is -2.36. The fourth-order valence-corrected chi connectivity index (χ4v) is 0.450. The van der Waals surface area contributed by atoms with Gasteiger partial charge in [0.05, 0.1) is 0 Å². The molecule has 0 aliphatic heterocycles. The van der Waals surface area contributed by atoms with Gasteiger partial charge in [0, 0.05) is 6.42 Å². The minimum absolute atomic E-state index is 0.0326. The predicted molar refractivity (Wildman–Crippen MR) is 36.2 cm³/mol. The Balaban J connectivity index is 3.94. The number of ether oxygens (including phenoxy) is 1. The number of hydrogen-bond acceptors (Lipinski definition) is 2. The van der Waals surface area contributed by atoms with Crippen molar-refractivity contribution in [3.63, 3.8) is 0 Å². The highest BCUT2D eigenvalue weighted by Crippen LogP contribution is 2.24. The van der Waals surface area contributed by atoms with E-state index in [0.717, 1.165) is 0 Å². The first-order valence-electron chi connectivity index (χ1n) is 3.34. The maximum absolute atomic E-state index is 11.7. The fourth-order valence-electron chi connectivity index (χ4n) is 0.450. The molecule has 0 heterocycles. The molecule has 2 nitrogen and oxygen atoms in total. The summed E-state index contributed by atoms with van der Waals surface area (Å²) < 4.78 is 38.9. The van der Waals surface area contributed by atoms with E-state index in [1.807, 2.05) is 0 Å². The summed E-state index contributed by atoms with van der Waals surface area (Å²) in [6.07, 6.45) is -4.23. The number of hydrogen-bond donors (Lipinski definition) is 0. The van der Waals surface area contributed by atoms with Crippen LogP contribution in [0.2, 0.25) is 0 Å². The lowest BCUT2D eigenvalue weighted by atomic mass is 10.3. The van der Waals surface area contributed by atoms with E-state index in [0.29, 0.717) is 6.42 Å². The van der Waals surface area contributed by atoms with E-state index < -0.39 is 17.9 Å². The van der Waals surface area contributed by atoms with E-state index >= 15 is 0 Å². The highest BCUT2D eigenvalue weighted by atomic mass is 19.4. The zero-order valence-electron chi connectivity index (χ0n) is 6.57. The highest BCUT2D eigenvalue weighted by Gasteiger charge is 2.35. The van der Waals surface area contributed by atoms with E-state index in [1.165, 1.54) is 0 Å². The first-order valence-corrected chi connectivity index (χ1v) is 3.34. The molecule has 0 aromatic rings. The number of carbonyl (C=O) groups excluding carboxylic acids is 1. The van der Waals surface area contributed by atoms with Crippen molar-refractivity contribution in [2.45, 2.75) is 25.9 Å². The summed E-state index contributed by atoms with van der Waals surface area (Å²) in [6.45, 7) is 4.24. The van der Waals surface area contributed by atoms with Gasteiger partial charge in [-0.05, 0) is 6.42 Å². The Morgan fingerprint density at radius 3 is 2.33 bits per heavy atom. The van der Waals surface area contributed by atoms with Crippen LogP contribution in [0.15, 0.2) is 12.3 Å². The van der Waals surface area contributed by atoms with Gasteiger partial charge in [0.15, 0.2) is 0 Å². The Bertz CT molecular complexity index is 184. The largest absolute Gasteiger partial charge is 0.449 e. The smallest absolute Gasteiger partial charge is 0.422 e. The summed E-state index contributed by atoms with van der Waals surface area (Å²) in [5.41, 5.74) is 0. The summed E-state index contributed by atoms with van der Waals surface area (Å²) in [7, 11) is 0. The summed E-state index contributed by atoms with van der Waals surface area (Å²) >= 11 is 0. The van der Waals surface area contributed by atoms with E-state index in [-0.39, 0.29) is 6.42 Å². The van der Waals surface area contributed by atoms with Gasteiger partial charge in [-0.3, -0.25) is 4.79 Å². The molecule has 70 valence electrons. The zero-order chi connectivity index (χ0) is 9.78. The molecule has 0 unspecified atom stereocenters. The summed E-state index contributed by atoms with van der Waals surface area (Å²) in [4.78, 5) is 10.5. The monoisotopic (exact) mass is 182 g/mol. The van der Waals surface area contributed by atoms with Gasteiger partial charge in [0.25, 0.3) is 0 Å². The van der Waals surface area contributed by atoms with Crippen LogP contribution in [0.25, 0.3) is 0 Å². The number of allylic oxidation sites excluding steroid dienone is 1. The molecule has 0 rings (SSSR count). The van der Waals surface area contributed by atoms with Gasteiger partial charge in [-0.15, -0.1) is 0 Å². The molecule has 0 fully saturated rings. The van der Waals surface area contributed by atoms with Crippen LogP contribution in [-0.2, 0) is 9.53 Å². The van der Waals surface area contributed by atoms with Gasteiger partial charge in [-0.2, -0.15) is 13.2 Å². The predicted octanol–water partition coefficient (Wildman–Crippen LogP) is 2.41. The maximum Gasteiger partial charge on any atom is 0.449 e. The lowest BCUT2D eigenvalue weighted by Crippen LogP contribution is -2.16. The number of rotatable bonds is 3. The average Bonchev–Trinajstić information content (AvgIpc) is 1.85. The Kier molecular flexibility index (Phi) is 3.79. The Morgan fingerprint density at radius 1 is 1.50 bits per heavy atom. The van der Waals surface area contributed by atoms with Gasteiger partial charge in [-0.25, -0.2) is 0 Å². The Labute approximate surface area is 68.0 Å². The molecule has 0 aromatic carbocycles. The summed E-state index contributed by atoms with van der Waals surface area (Å²) in [6, 6.07) is 0. The standard InChI is InChI=1S/C7H9F3O2/c1-3-4-6(11)12-5(2)7(8,9)10/h2-4H2,1H3. The van der Waals surface area contributed by atoms with Crippen molar-refractivity contribution in [3.8, 4) is 0 Å². The van der Waals surface area contributed by atoms with Crippen LogP contribution in [0.1, 0.15) is 19.8 Å². The second-order valence-electron chi connectivity index (χ2n) is 2.15. The zero-order valence-corrected chi connectivity index (χ0v) is 6.57. The van der Waals surface area contributed by atoms with Crippen molar-refractivity contribution >= 4 is 5.97 Å². The van der Waals surface area contributed by atoms with Gasteiger partial charge >= 0.3 is 12.1 Å². The SMILES string of the molecule is C=C(OC(=O)CCC)C(F)(F)F. The molecule has 0 aliphatic carbocycles. The van der Waals surface area contributed by atoms with E-state index in [9.17, 15) is 18.0 Å². The molecule has 0 radical (unpaired) electrons. The first kappa shape index (κ1) is 11.0. The molecule has 0 aromatic heterocycles. The first-order chi connectivity index (χ1) is 5.38. The molecule has 0 saturated heterocycles. The van der Waals surface area contributed by atoms with Crippen molar-refractivity contribution in [1.29, 1.82) is 0 Å². The lowest BCUT2D eigenvalue weighted by Gasteiger charge is -2.09. The quantitative estimate of drug-likeness (QED) is 0.494. The molecular formula is C7H9F3O2. The molecule has 0 atom stereocenters. The van der Waals surface area contributed by atoms with E-state index in [1.54, 1.807) is 6.92 Å². The van der Waals surface area contributed by atoms with Crippen LogP contribution < -0.4 is 0 Å². The molecule has 0 amide bonds. The molecule has 0 aliphatic rings. The third kappa shape index (κ3) is 4.00. The molecule has 12 heavy (non-hydrogen) atoms. The average molecular weight is 182 g/mol. The second-order valence-corrected chi connectivity index (χ2v) is 2.15. The van der Waals surface area contributed by atoms with E-state index in [2.05, 4.69) is 11.3 Å². The molecule has 0 bridgehead atoms. The minimum Gasteiger partial charge on any atom is -0.422 e. The van der Waals surface area contributed by atoms with Crippen LogP contribution in [0.4, 0.5) is 13.2 Å². The number of alkyl halides is 3. The number of halogens is 3. The number of carbonyl (C=O) groups is 1. The van der Waals surface area contributed by atoms with Gasteiger partial charge in [0.2, 0.25) is 5.76 Å². The Morgan fingerprint density at radius 2 is 2.00 bits per heavy atom. The fraction of sp³-hybridized carbons (Fsp3) is 0.571. The van der Waals surface area contributed by atoms with Crippen molar-refractivity contribution in [1.82, 2.24) is 0 Å². The second kappa shape index (κ2) is 4.13. The maximum atomic E-state index is 11.7. The van der Waals surface area contributed by atoms with Crippen molar-refractivity contribution in [3.05, 3.63) is 12.3 Å². The van der Waals surface area contributed by atoms with Gasteiger partial charge in [-0.1, -0.05) is 13.5 Å². The normalized spacial score (nSPS) is 11.0. The van der Waals surface area contributed by atoms with Crippen molar-refractivity contribution in [2.75, 3.05) is 0 Å². The molecule has 0 spiro atoms. The van der Waals surface area contributed by atoms with E-state index in [4.69, 9.17) is 0 Å². The van der Waals surface area contributed by atoms with Crippen LogP contribution >= 0.6 is 0 Å². The van der Waals surface area contributed by atoms with Gasteiger partial charge in [0.1, 0.15) is 0 Å². The molecule has 0 N–H and O–H groups in total. The van der Waals surface area contributed by atoms with Gasteiger partial charge < -0.3 is 4.74 Å². The highest BCUT2D eigenvalue weighted by molar-refractivity contribution is 5.70. The van der Waals surface area contributed by atoms with Crippen LogP contribution in [-0.4, -0.2) is 12.1 Å². The molecular weight excluding hydrogens is 173 g/mol. The summed E-state index contributed by atoms with van der Waals surface area (Å²) in [5, 5.41) is 0. The van der Waals surface area contributed by atoms with Crippen LogP contribution in [0.5, 0.6) is 0 Å². The molecule has 5 heteroatoms. The Hall–Kier alpha value is -1.00. The third-order valence-corrected chi connectivity index (χ3v) is 1.01. The topological polar surface area (TPSA) is 26.3 Å². The molecule has 0 saturated carbocycles. The lowest BCUT2D eigenvalue weighted by molar-refractivity contribution is -0.159. The minimum atomic E-state index is -4.65. The van der Waals surface area contributed by atoms with Crippen LogP contribution in [0, 0.1) is 0 Å². The van der Waals surface area contributed by atoms with Crippen molar-refractivity contribution in [2.24, 2.45) is 0 Å².